The predicted molar refractivity (Wildman–Crippen MR) is 66.0 cm³/mol. The van der Waals surface area contributed by atoms with Gasteiger partial charge in [-0.3, -0.25) is 0 Å². The van der Waals surface area contributed by atoms with Crippen LogP contribution in [-0.4, -0.2) is 4.57 Å². The first-order chi connectivity index (χ1) is 7.27. The Morgan fingerprint density at radius 3 is 2.60 bits per heavy atom. The zero-order chi connectivity index (χ0) is 10.8. The number of anilines is 1. The molecule has 0 saturated heterocycles. The van der Waals surface area contributed by atoms with E-state index in [-0.39, 0.29) is 0 Å². The Balaban J connectivity index is 2.61. The highest BCUT2D eigenvalue weighted by Gasteiger charge is 2.10. The number of fused-ring (bicyclic) bond motifs is 1. The second-order valence-electron chi connectivity index (χ2n) is 3.98. The second-order valence-corrected chi connectivity index (χ2v) is 3.98. The molecule has 80 valence electrons. The first kappa shape index (κ1) is 10.1. The van der Waals surface area contributed by atoms with E-state index in [0.29, 0.717) is 6.04 Å². The molecule has 2 rings (SSSR count). The molecule has 15 heavy (non-hydrogen) atoms. The molecule has 0 radical (unpaired) electrons. The maximum Gasteiger partial charge on any atom is 0.0716 e. The van der Waals surface area contributed by atoms with Crippen molar-refractivity contribution in [3.63, 3.8) is 0 Å². The van der Waals surface area contributed by atoms with E-state index in [1.807, 2.05) is 12.1 Å². The van der Waals surface area contributed by atoms with Gasteiger partial charge in [0.15, 0.2) is 0 Å². The Hall–Kier alpha value is -1.44. The quantitative estimate of drug-likeness (QED) is 0.758. The van der Waals surface area contributed by atoms with Crippen molar-refractivity contribution in [1.82, 2.24) is 4.57 Å². The zero-order valence-corrected chi connectivity index (χ0v) is 9.40. The molecule has 0 aliphatic heterocycles. The molecule has 1 heterocycles. The molecule has 0 atom stereocenters. The van der Waals surface area contributed by atoms with Crippen molar-refractivity contribution in [1.29, 1.82) is 0 Å². The molecule has 0 spiro atoms. The summed E-state index contributed by atoms with van der Waals surface area (Å²) < 4.78 is 2.31. The van der Waals surface area contributed by atoms with Crippen molar-refractivity contribution >= 4 is 16.6 Å². The number of rotatable bonds is 3. The molecule has 1 aromatic carbocycles. The summed E-state index contributed by atoms with van der Waals surface area (Å²) in [6, 6.07) is 8.80. The summed E-state index contributed by atoms with van der Waals surface area (Å²) in [4.78, 5) is 0. The van der Waals surface area contributed by atoms with Crippen LogP contribution >= 0.6 is 0 Å². The highest BCUT2D eigenvalue weighted by atomic mass is 15.0. The number of nitrogens with zero attached hydrogens (tertiary/aromatic N) is 1. The standard InChI is InChI=1S/C13H18N2/c1-3-11(4-2)15-9-8-10-6-5-7-12(14)13(10)15/h5-9,11H,3-4,14H2,1-2H3. The van der Waals surface area contributed by atoms with Gasteiger partial charge in [0.25, 0.3) is 0 Å². The number of aromatic nitrogens is 1. The molecule has 0 fully saturated rings. The molecule has 0 aliphatic rings. The molecule has 0 unspecified atom stereocenters. The van der Waals surface area contributed by atoms with Gasteiger partial charge in [0.2, 0.25) is 0 Å². The van der Waals surface area contributed by atoms with Crippen LogP contribution in [0.25, 0.3) is 10.9 Å². The van der Waals surface area contributed by atoms with E-state index < -0.39 is 0 Å². The Labute approximate surface area is 90.7 Å². The summed E-state index contributed by atoms with van der Waals surface area (Å²) in [5.41, 5.74) is 8.09. The minimum atomic E-state index is 0.562. The monoisotopic (exact) mass is 202 g/mol. The van der Waals surface area contributed by atoms with Crippen LogP contribution in [0.15, 0.2) is 30.5 Å². The third-order valence-corrected chi connectivity index (χ3v) is 3.11. The van der Waals surface area contributed by atoms with Gasteiger partial charge in [-0.1, -0.05) is 26.0 Å². The molecule has 0 aliphatic carbocycles. The minimum Gasteiger partial charge on any atom is -0.397 e. The summed E-state index contributed by atoms with van der Waals surface area (Å²) in [5.74, 6) is 0. The van der Waals surface area contributed by atoms with Gasteiger partial charge in [0.05, 0.1) is 11.2 Å². The number of nitrogen functional groups attached to an aromatic ring is 1. The first-order valence-corrected chi connectivity index (χ1v) is 5.63. The maximum absolute atomic E-state index is 6.03. The predicted octanol–water partition coefficient (Wildman–Crippen LogP) is 3.58. The van der Waals surface area contributed by atoms with Crippen molar-refractivity contribution in [3.05, 3.63) is 30.5 Å². The minimum absolute atomic E-state index is 0.562. The van der Waals surface area contributed by atoms with E-state index >= 15 is 0 Å². The third kappa shape index (κ3) is 1.60. The highest BCUT2D eigenvalue weighted by Crippen LogP contribution is 2.27. The van der Waals surface area contributed by atoms with Crippen molar-refractivity contribution < 1.29 is 0 Å². The van der Waals surface area contributed by atoms with Crippen LogP contribution in [0.5, 0.6) is 0 Å². The second kappa shape index (κ2) is 3.97. The average Bonchev–Trinajstić information content (AvgIpc) is 2.66. The van der Waals surface area contributed by atoms with Gasteiger partial charge in [-0.2, -0.15) is 0 Å². The fourth-order valence-electron chi connectivity index (χ4n) is 2.23. The van der Waals surface area contributed by atoms with Crippen LogP contribution in [-0.2, 0) is 0 Å². The Bertz CT molecular complexity index is 453. The van der Waals surface area contributed by atoms with Crippen LogP contribution in [0.4, 0.5) is 5.69 Å². The van der Waals surface area contributed by atoms with Gasteiger partial charge < -0.3 is 10.3 Å². The largest absolute Gasteiger partial charge is 0.397 e. The molecule has 2 nitrogen and oxygen atoms in total. The lowest BCUT2D eigenvalue weighted by Gasteiger charge is -2.17. The molecule has 0 bridgehead atoms. The summed E-state index contributed by atoms with van der Waals surface area (Å²) in [5, 5.41) is 1.24. The summed E-state index contributed by atoms with van der Waals surface area (Å²) in [7, 11) is 0. The Morgan fingerprint density at radius 2 is 1.93 bits per heavy atom. The van der Waals surface area contributed by atoms with Crippen LogP contribution in [0.1, 0.15) is 32.7 Å². The molecule has 2 N–H and O–H groups in total. The molecular formula is C13H18N2. The number of para-hydroxylation sites is 1. The molecule has 1 aromatic heterocycles. The topological polar surface area (TPSA) is 30.9 Å². The van der Waals surface area contributed by atoms with Crippen LogP contribution in [0.3, 0.4) is 0 Å². The Kier molecular flexibility index (Phi) is 2.67. The van der Waals surface area contributed by atoms with Gasteiger partial charge in [-0.15, -0.1) is 0 Å². The molecule has 2 aromatic rings. The fourth-order valence-corrected chi connectivity index (χ4v) is 2.23. The lowest BCUT2D eigenvalue weighted by Crippen LogP contribution is -2.06. The van der Waals surface area contributed by atoms with E-state index in [0.717, 1.165) is 18.5 Å². The van der Waals surface area contributed by atoms with Crippen molar-refractivity contribution in [2.75, 3.05) is 5.73 Å². The van der Waals surface area contributed by atoms with Crippen LogP contribution in [0, 0.1) is 0 Å². The maximum atomic E-state index is 6.03. The molecule has 2 heteroatoms. The van der Waals surface area contributed by atoms with Gasteiger partial charge in [0, 0.05) is 17.6 Å². The number of hydrogen-bond acceptors (Lipinski definition) is 1. The van der Waals surface area contributed by atoms with Gasteiger partial charge in [-0.25, -0.2) is 0 Å². The number of hydrogen-bond donors (Lipinski definition) is 1. The third-order valence-electron chi connectivity index (χ3n) is 3.11. The first-order valence-electron chi connectivity index (χ1n) is 5.63. The van der Waals surface area contributed by atoms with Gasteiger partial charge >= 0.3 is 0 Å². The number of benzene rings is 1. The fraction of sp³-hybridized carbons (Fsp3) is 0.385. The van der Waals surface area contributed by atoms with E-state index in [9.17, 15) is 0 Å². The summed E-state index contributed by atoms with van der Waals surface area (Å²) >= 11 is 0. The van der Waals surface area contributed by atoms with Crippen LogP contribution < -0.4 is 5.73 Å². The SMILES string of the molecule is CCC(CC)n1ccc2cccc(N)c21. The lowest BCUT2D eigenvalue weighted by molar-refractivity contribution is 0.486. The van der Waals surface area contributed by atoms with Gasteiger partial charge in [0.1, 0.15) is 0 Å². The normalized spacial score (nSPS) is 11.4. The van der Waals surface area contributed by atoms with Crippen molar-refractivity contribution in [2.45, 2.75) is 32.7 Å². The molecule has 0 amide bonds. The summed E-state index contributed by atoms with van der Waals surface area (Å²) in [6.07, 6.45) is 4.45. The van der Waals surface area contributed by atoms with Gasteiger partial charge in [-0.05, 0) is 25.0 Å². The van der Waals surface area contributed by atoms with E-state index in [1.165, 1.54) is 10.9 Å². The smallest absolute Gasteiger partial charge is 0.0716 e. The lowest BCUT2D eigenvalue weighted by atomic mass is 10.1. The Morgan fingerprint density at radius 1 is 1.20 bits per heavy atom. The van der Waals surface area contributed by atoms with Crippen molar-refractivity contribution in [2.24, 2.45) is 0 Å². The zero-order valence-electron chi connectivity index (χ0n) is 9.40. The highest BCUT2D eigenvalue weighted by molar-refractivity contribution is 5.90. The summed E-state index contributed by atoms with van der Waals surface area (Å²) in [6.45, 7) is 4.44. The van der Waals surface area contributed by atoms with E-state index in [2.05, 4.69) is 36.7 Å². The van der Waals surface area contributed by atoms with E-state index in [1.54, 1.807) is 0 Å². The average molecular weight is 202 g/mol. The molecular weight excluding hydrogens is 184 g/mol. The number of nitrogens with two attached hydrogens (primary N) is 1. The molecule has 0 saturated carbocycles. The van der Waals surface area contributed by atoms with E-state index in [4.69, 9.17) is 5.73 Å². The van der Waals surface area contributed by atoms with Crippen LogP contribution in [0.2, 0.25) is 0 Å². The van der Waals surface area contributed by atoms with Crippen molar-refractivity contribution in [3.8, 4) is 0 Å².